The highest BCUT2D eigenvalue weighted by Crippen LogP contribution is 2.20. The summed E-state index contributed by atoms with van der Waals surface area (Å²) in [6.07, 6.45) is 3.47. The predicted octanol–water partition coefficient (Wildman–Crippen LogP) is 4.32. The summed E-state index contributed by atoms with van der Waals surface area (Å²) in [6, 6.07) is 21.2. The fraction of sp³-hybridized carbons (Fsp3) is 0. The van der Waals surface area contributed by atoms with E-state index in [2.05, 4.69) is 18.2 Å². The summed E-state index contributed by atoms with van der Waals surface area (Å²) in [5.74, 6) is -0.0251. The van der Waals surface area contributed by atoms with Gasteiger partial charge in [0, 0.05) is 11.3 Å². The minimum absolute atomic E-state index is 0.0251. The van der Waals surface area contributed by atoms with Crippen molar-refractivity contribution in [3.63, 3.8) is 0 Å². The van der Waals surface area contributed by atoms with E-state index < -0.39 is 0 Å². The van der Waals surface area contributed by atoms with Gasteiger partial charge in [-0.15, -0.1) is 0 Å². The summed E-state index contributed by atoms with van der Waals surface area (Å²) in [7, 11) is 0. The molecule has 0 saturated heterocycles. The third kappa shape index (κ3) is 2.84. The molecule has 2 nitrogen and oxygen atoms in total. The largest absolute Gasteiger partial charge is 0.399 e. The van der Waals surface area contributed by atoms with Crippen molar-refractivity contribution in [3.8, 4) is 0 Å². The van der Waals surface area contributed by atoms with E-state index in [0.717, 1.165) is 10.9 Å². The van der Waals surface area contributed by atoms with Crippen LogP contribution in [0.3, 0.4) is 0 Å². The van der Waals surface area contributed by atoms with Gasteiger partial charge in [-0.1, -0.05) is 48.5 Å². The third-order valence-corrected chi connectivity index (χ3v) is 3.43. The lowest BCUT2D eigenvalue weighted by atomic mass is 10.0. The molecular formula is C19H15NO. The first-order valence-corrected chi connectivity index (χ1v) is 6.80. The summed E-state index contributed by atoms with van der Waals surface area (Å²) in [6.45, 7) is 0. The molecule has 2 heteroatoms. The minimum atomic E-state index is -0.0251. The van der Waals surface area contributed by atoms with Crippen LogP contribution in [0.25, 0.3) is 16.8 Å². The van der Waals surface area contributed by atoms with Crippen molar-refractivity contribution in [1.82, 2.24) is 0 Å². The second kappa shape index (κ2) is 5.63. The number of ketones is 1. The number of allylic oxidation sites excluding steroid dienone is 1. The summed E-state index contributed by atoms with van der Waals surface area (Å²) in [5, 5.41) is 2.31. The Balaban J connectivity index is 1.91. The Bertz CT molecular complexity index is 811. The van der Waals surface area contributed by atoms with E-state index in [9.17, 15) is 4.79 Å². The molecule has 3 aromatic carbocycles. The normalized spacial score (nSPS) is 11.0. The average molecular weight is 273 g/mol. The summed E-state index contributed by atoms with van der Waals surface area (Å²) < 4.78 is 0. The number of fused-ring (bicyclic) bond motifs is 1. The van der Waals surface area contributed by atoms with Crippen LogP contribution in [0.5, 0.6) is 0 Å². The zero-order valence-electron chi connectivity index (χ0n) is 11.5. The quantitative estimate of drug-likeness (QED) is 0.439. The molecule has 0 amide bonds. The lowest BCUT2D eigenvalue weighted by Crippen LogP contribution is -1.94. The number of hydrogen-bond donors (Lipinski definition) is 1. The molecule has 0 aromatic heterocycles. The van der Waals surface area contributed by atoms with Gasteiger partial charge in [0.15, 0.2) is 5.78 Å². The minimum Gasteiger partial charge on any atom is -0.399 e. The van der Waals surface area contributed by atoms with Crippen LogP contribution in [-0.4, -0.2) is 5.78 Å². The van der Waals surface area contributed by atoms with Crippen LogP contribution in [0.15, 0.2) is 72.8 Å². The molecule has 0 radical (unpaired) electrons. The van der Waals surface area contributed by atoms with Gasteiger partial charge in [-0.25, -0.2) is 0 Å². The zero-order valence-corrected chi connectivity index (χ0v) is 11.5. The molecule has 0 aliphatic carbocycles. The molecule has 0 bridgehead atoms. The Morgan fingerprint density at radius 1 is 0.857 bits per heavy atom. The summed E-state index contributed by atoms with van der Waals surface area (Å²) in [4.78, 5) is 12.1. The molecule has 0 aliphatic heterocycles. The standard InChI is InChI=1S/C19H15NO/c20-17-11-8-16(9-12-17)19(21)13-10-15-6-3-5-14-4-1-2-7-18(14)15/h1-13H,20H2/b13-10+. The van der Waals surface area contributed by atoms with Crippen molar-refractivity contribution in [2.45, 2.75) is 0 Å². The molecule has 0 unspecified atom stereocenters. The van der Waals surface area contributed by atoms with Crippen molar-refractivity contribution in [2.24, 2.45) is 0 Å². The van der Waals surface area contributed by atoms with Crippen molar-refractivity contribution < 1.29 is 4.79 Å². The first kappa shape index (κ1) is 13.1. The zero-order chi connectivity index (χ0) is 14.7. The van der Waals surface area contributed by atoms with E-state index in [-0.39, 0.29) is 5.78 Å². The second-order valence-corrected chi connectivity index (χ2v) is 4.89. The Labute approximate surface area is 123 Å². The van der Waals surface area contributed by atoms with Crippen molar-refractivity contribution in [2.75, 3.05) is 5.73 Å². The van der Waals surface area contributed by atoms with E-state index in [1.807, 2.05) is 30.3 Å². The lowest BCUT2D eigenvalue weighted by molar-refractivity contribution is 0.104. The maximum atomic E-state index is 12.1. The fourth-order valence-electron chi connectivity index (χ4n) is 2.30. The lowest BCUT2D eigenvalue weighted by Gasteiger charge is -2.01. The van der Waals surface area contributed by atoms with Gasteiger partial charge in [-0.2, -0.15) is 0 Å². The molecule has 0 saturated carbocycles. The van der Waals surface area contributed by atoms with Gasteiger partial charge in [-0.3, -0.25) is 4.79 Å². The molecule has 2 N–H and O–H groups in total. The fourth-order valence-corrected chi connectivity index (χ4v) is 2.30. The number of rotatable bonds is 3. The molecule has 102 valence electrons. The molecule has 3 rings (SSSR count). The predicted molar refractivity (Wildman–Crippen MR) is 88.2 cm³/mol. The van der Waals surface area contributed by atoms with Crippen molar-refractivity contribution in [3.05, 3.63) is 83.9 Å². The van der Waals surface area contributed by atoms with Crippen LogP contribution < -0.4 is 5.73 Å². The molecule has 0 aliphatic rings. The molecule has 0 heterocycles. The topological polar surface area (TPSA) is 43.1 Å². The van der Waals surface area contributed by atoms with Crippen LogP contribution in [0.4, 0.5) is 5.69 Å². The van der Waals surface area contributed by atoms with E-state index in [1.54, 1.807) is 30.3 Å². The smallest absolute Gasteiger partial charge is 0.185 e. The molecule has 0 spiro atoms. The van der Waals surface area contributed by atoms with Crippen LogP contribution in [0, 0.1) is 0 Å². The van der Waals surface area contributed by atoms with Crippen molar-refractivity contribution >= 4 is 28.3 Å². The first-order valence-electron chi connectivity index (χ1n) is 6.80. The Hall–Kier alpha value is -2.87. The maximum Gasteiger partial charge on any atom is 0.185 e. The SMILES string of the molecule is Nc1ccc(C(=O)/C=C/c2cccc3ccccc23)cc1. The van der Waals surface area contributed by atoms with Crippen LogP contribution in [0.2, 0.25) is 0 Å². The summed E-state index contributed by atoms with van der Waals surface area (Å²) >= 11 is 0. The van der Waals surface area contributed by atoms with E-state index in [1.165, 1.54) is 5.39 Å². The Kier molecular flexibility index (Phi) is 3.52. The van der Waals surface area contributed by atoms with Gasteiger partial charge >= 0.3 is 0 Å². The van der Waals surface area contributed by atoms with Gasteiger partial charge in [0.2, 0.25) is 0 Å². The van der Waals surface area contributed by atoms with Crippen LogP contribution >= 0.6 is 0 Å². The molecule has 21 heavy (non-hydrogen) atoms. The van der Waals surface area contributed by atoms with Gasteiger partial charge in [0.1, 0.15) is 0 Å². The molecule has 3 aromatic rings. The van der Waals surface area contributed by atoms with E-state index in [0.29, 0.717) is 11.3 Å². The number of nitrogen functional groups attached to an aromatic ring is 1. The van der Waals surface area contributed by atoms with E-state index >= 15 is 0 Å². The number of anilines is 1. The number of hydrogen-bond acceptors (Lipinski definition) is 2. The van der Waals surface area contributed by atoms with Gasteiger partial charge < -0.3 is 5.73 Å². The van der Waals surface area contributed by atoms with Crippen LogP contribution in [-0.2, 0) is 0 Å². The maximum absolute atomic E-state index is 12.1. The molecule has 0 fully saturated rings. The number of nitrogens with two attached hydrogens (primary N) is 1. The van der Waals surface area contributed by atoms with Crippen LogP contribution in [0.1, 0.15) is 15.9 Å². The van der Waals surface area contributed by atoms with E-state index in [4.69, 9.17) is 5.73 Å². The molecular weight excluding hydrogens is 258 g/mol. The monoisotopic (exact) mass is 273 g/mol. The highest BCUT2D eigenvalue weighted by atomic mass is 16.1. The van der Waals surface area contributed by atoms with Gasteiger partial charge in [0.25, 0.3) is 0 Å². The molecule has 0 atom stereocenters. The summed E-state index contributed by atoms with van der Waals surface area (Å²) in [5.41, 5.74) is 7.96. The highest BCUT2D eigenvalue weighted by molar-refractivity contribution is 6.08. The first-order chi connectivity index (χ1) is 10.2. The van der Waals surface area contributed by atoms with Crippen molar-refractivity contribution in [1.29, 1.82) is 0 Å². The Morgan fingerprint density at radius 2 is 1.57 bits per heavy atom. The third-order valence-electron chi connectivity index (χ3n) is 3.43. The van der Waals surface area contributed by atoms with Gasteiger partial charge in [-0.05, 0) is 46.7 Å². The average Bonchev–Trinajstić information content (AvgIpc) is 2.53. The Morgan fingerprint density at radius 3 is 2.38 bits per heavy atom. The highest BCUT2D eigenvalue weighted by Gasteiger charge is 2.02. The number of benzene rings is 3. The number of carbonyl (C=O) groups excluding carboxylic acids is 1. The second-order valence-electron chi connectivity index (χ2n) is 4.89. The number of carbonyl (C=O) groups is 1. The van der Waals surface area contributed by atoms with Gasteiger partial charge in [0.05, 0.1) is 0 Å².